The van der Waals surface area contributed by atoms with Gasteiger partial charge in [-0.3, -0.25) is 14.3 Å². The number of ether oxygens (including phenoxy) is 2. The van der Waals surface area contributed by atoms with Crippen molar-refractivity contribution in [1.82, 2.24) is 10.2 Å². The molecule has 0 aliphatic heterocycles. The summed E-state index contributed by atoms with van der Waals surface area (Å²) in [5.41, 5.74) is 1.58. The highest BCUT2D eigenvalue weighted by atomic mass is 35.5. The predicted molar refractivity (Wildman–Crippen MR) is 170 cm³/mol. The molecule has 0 aromatic heterocycles. The van der Waals surface area contributed by atoms with Crippen LogP contribution in [0.25, 0.3) is 0 Å². The summed E-state index contributed by atoms with van der Waals surface area (Å²) >= 11 is 6.08. The van der Waals surface area contributed by atoms with Gasteiger partial charge in [-0.15, -0.1) is 0 Å². The van der Waals surface area contributed by atoms with Gasteiger partial charge in [-0.1, -0.05) is 54.1 Å². The molecule has 4 aromatic carbocycles. The molecule has 9 nitrogen and oxygen atoms in total. The molecule has 45 heavy (non-hydrogen) atoms. The molecule has 0 heterocycles. The Morgan fingerprint density at radius 1 is 0.911 bits per heavy atom. The largest absolute Gasteiger partial charge is 0.484 e. The second-order valence-electron chi connectivity index (χ2n) is 9.97. The number of methoxy groups -OCH3 is 1. The molecule has 4 rings (SSSR count). The van der Waals surface area contributed by atoms with Crippen molar-refractivity contribution < 1.29 is 31.9 Å². The molecular formula is C33H33ClFN3O6S. The number of nitrogens with zero attached hydrogens (tertiary/aromatic N) is 1. The Balaban J connectivity index is 1.53. The first-order valence-corrected chi connectivity index (χ1v) is 15.9. The monoisotopic (exact) mass is 653 g/mol. The maximum absolute atomic E-state index is 13.8. The van der Waals surface area contributed by atoms with Crippen LogP contribution in [0.15, 0.2) is 108 Å². The van der Waals surface area contributed by atoms with E-state index in [9.17, 15) is 22.4 Å². The zero-order chi connectivity index (χ0) is 32.2. The number of carbonyl (C=O) groups is 2. The van der Waals surface area contributed by atoms with Gasteiger partial charge < -0.3 is 19.7 Å². The number of benzene rings is 4. The Morgan fingerprint density at radius 3 is 2.22 bits per heavy atom. The molecular weight excluding hydrogens is 621 g/mol. The summed E-state index contributed by atoms with van der Waals surface area (Å²) in [4.78, 5) is 28.7. The van der Waals surface area contributed by atoms with Gasteiger partial charge in [-0.05, 0) is 78.2 Å². The Bertz CT molecular complexity index is 1660. The van der Waals surface area contributed by atoms with Crippen LogP contribution in [-0.2, 0) is 30.9 Å². The van der Waals surface area contributed by atoms with E-state index >= 15 is 0 Å². The summed E-state index contributed by atoms with van der Waals surface area (Å²) in [7, 11) is -2.37. The number of halogens is 2. The molecule has 0 saturated heterocycles. The van der Waals surface area contributed by atoms with Gasteiger partial charge in [0, 0.05) is 37.5 Å². The molecule has 0 bridgehead atoms. The molecule has 0 fully saturated rings. The third kappa shape index (κ3) is 9.77. The first-order valence-electron chi connectivity index (χ1n) is 14.0. The van der Waals surface area contributed by atoms with Crippen molar-refractivity contribution in [2.24, 2.45) is 0 Å². The molecule has 1 atom stereocenters. The van der Waals surface area contributed by atoms with E-state index in [-0.39, 0.29) is 28.8 Å². The normalized spacial score (nSPS) is 11.8. The maximum atomic E-state index is 13.8. The lowest BCUT2D eigenvalue weighted by Crippen LogP contribution is -2.45. The average Bonchev–Trinajstić information content (AvgIpc) is 3.04. The Kier molecular flexibility index (Phi) is 11.9. The minimum Gasteiger partial charge on any atom is -0.484 e. The van der Waals surface area contributed by atoms with Crippen molar-refractivity contribution in [3.05, 3.63) is 125 Å². The van der Waals surface area contributed by atoms with Gasteiger partial charge in [0.05, 0.1) is 4.90 Å². The van der Waals surface area contributed by atoms with Crippen molar-refractivity contribution in [2.75, 3.05) is 31.6 Å². The lowest BCUT2D eigenvalue weighted by molar-refractivity contribution is -0.143. The number of amides is 2. The van der Waals surface area contributed by atoms with E-state index in [0.717, 1.165) is 17.7 Å². The fourth-order valence-electron chi connectivity index (χ4n) is 4.42. The third-order valence-corrected chi connectivity index (χ3v) is 8.33. The molecule has 0 unspecified atom stereocenters. The van der Waals surface area contributed by atoms with E-state index in [0.29, 0.717) is 30.2 Å². The molecule has 2 amide bonds. The van der Waals surface area contributed by atoms with Crippen LogP contribution in [0.3, 0.4) is 0 Å². The van der Waals surface area contributed by atoms with Crippen molar-refractivity contribution in [3.63, 3.8) is 0 Å². The van der Waals surface area contributed by atoms with Gasteiger partial charge in [0.2, 0.25) is 5.91 Å². The van der Waals surface area contributed by atoms with Gasteiger partial charge in [0.1, 0.15) is 17.6 Å². The minimum atomic E-state index is -3.95. The summed E-state index contributed by atoms with van der Waals surface area (Å²) in [5, 5.41) is 3.44. The highest BCUT2D eigenvalue weighted by Gasteiger charge is 2.31. The van der Waals surface area contributed by atoms with Crippen LogP contribution in [0, 0.1) is 5.82 Å². The zero-order valence-corrected chi connectivity index (χ0v) is 26.1. The Morgan fingerprint density at radius 2 is 1.58 bits per heavy atom. The van der Waals surface area contributed by atoms with Crippen LogP contribution in [0.2, 0.25) is 5.02 Å². The van der Waals surface area contributed by atoms with Crippen LogP contribution in [0.1, 0.15) is 23.6 Å². The summed E-state index contributed by atoms with van der Waals surface area (Å²) in [6, 6.07) is 25.4. The maximum Gasteiger partial charge on any atom is 0.261 e. The van der Waals surface area contributed by atoms with E-state index in [1.807, 2.05) is 6.07 Å². The van der Waals surface area contributed by atoms with Crippen LogP contribution < -0.4 is 14.8 Å². The fourth-order valence-corrected chi connectivity index (χ4v) is 5.60. The van der Waals surface area contributed by atoms with Gasteiger partial charge in [0.25, 0.3) is 15.9 Å². The number of hydrogen-bond donors (Lipinski definition) is 2. The molecule has 0 aliphatic rings. The van der Waals surface area contributed by atoms with Gasteiger partial charge >= 0.3 is 0 Å². The van der Waals surface area contributed by atoms with Crippen molar-refractivity contribution in [1.29, 1.82) is 0 Å². The van der Waals surface area contributed by atoms with Crippen LogP contribution >= 0.6 is 11.6 Å². The van der Waals surface area contributed by atoms with E-state index in [2.05, 4.69) is 10.0 Å². The second-order valence-corrected chi connectivity index (χ2v) is 12.1. The molecule has 0 saturated carbocycles. The average molecular weight is 654 g/mol. The summed E-state index contributed by atoms with van der Waals surface area (Å²) in [6.45, 7) is 0.505. The highest BCUT2D eigenvalue weighted by molar-refractivity contribution is 7.92. The van der Waals surface area contributed by atoms with Crippen molar-refractivity contribution in [3.8, 4) is 5.75 Å². The molecule has 0 aliphatic carbocycles. The van der Waals surface area contributed by atoms with Gasteiger partial charge in [-0.25, -0.2) is 12.8 Å². The van der Waals surface area contributed by atoms with Gasteiger partial charge in [0.15, 0.2) is 6.61 Å². The Labute approximate surface area is 267 Å². The lowest BCUT2D eigenvalue weighted by Gasteiger charge is -2.31. The number of rotatable bonds is 15. The summed E-state index contributed by atoms with van der Waals surface area (Å²) < 4.78 is 52.0. The summed E-state index contributed by atoms with van der Waals surface area (Å²) in [5.74, 6) is -1.07. The number of hydrogen-bond acceptors (Lipinski definition) is 6. The number of sulfonamides is 1. The standard InChI is InChI=1S/C33H33ClFN3O6S/c1-43-21-5-20-36-33(40)32(25-6-3-2-4-7-25)38(22-24-8-10-26(34)11-9-24)31(39)23-44-29-16-18-30(19-17-29)45(41,42)37-28-14-12-27(35)13-15-28/h2-4,6-19,32,37H,5,20-23H2,1H3,(H,36,40)/t32-/m1/s1. The minimum absolute atomic E-state index is 0.0517. The molecule has 12 heteroatoms. The zero-order valence-electron chi connectivity index (χ0n) is 24.5. The first-order chi connectivity index (χ1) is 21.7. The van der Waals surface area contributed by atoms with Crippen molar-refractivity contribution >= 4 is 39.1 Å². The van der Waals surface area contributed by atoms with Crippen LogP contribution in [-0.4, -0.2) is 52.0 Å². The quantitative estimate of drug-likeness (QED) is 0.162. The van der Waals surface area contributed by atoms with E-state index in [1.54, 1.807) is 55.6 Å². The second kappa shape index (κ2) is 16.0. The highest BCUT2D eigenvalue weighted by Crippen LogP contribution is 2.26. The molecule has 0 radical (unpaired) electrons. The lowest BCUT2D eigenvalue weighted by atomic mass is 10.0. The first kappa shape index (κ1) is 33.4. The third-order valence-electron chi connectivity index (χ3n) is 6.68. The van der Waals surface area contributed by atoms with Gasteiger partial charge in [-0.2, -0.15) is 0 Å². The molecule has 236 valence electrons. The number of nitrogens with one attached hydrogen (secondary N) is 2. The van der Waals surface area contributed by atoms with E-state index in [4.69, 9.17) is 21.1 Å². The van der Waals surface area contributed by atoms with Crippen LogP contribution in [0.4, 0.5) is 10.1 Å². The fraction of sp³-hybridized carbons (Fsp3) is 0.212. The number of anilines is 1. The summed E-state index contributed by atoms with van der Waals surface area (Å²) in [6.07, 6.45) is 0.600. The smallest absolute Gasteiger partial charge is 0.261 e. The molecule has 0 spiro atoms. The molecule has 4 aromatic rings. The van der Waals surface area contributed by atoms with Crippen molar-refractivity contribution in [2.45, 2.75) is 23.9 Å². The Hall–Kier alpha value is -4.45. The predicted octanol–water partition coefficient (Wildman–Crippen LogP) is 5.58. The van der Waals surface area contributed by atoms with E-state index in [1.165, 1.54) is 41.3 Å². The molecule has 2 N–H and O–H groups in total. The topological polar surface area (TPSA) is 114 Å². The van der Waals surface area contributed by atoms with Crippen LogP contribution in [0.5, 0.6) is 5.75 Å². The van der Waals surface area contributed by atoms with E-state index < -0.39 is 34.4 Å². The SMILES string of the molecule is COCCCNC(=O)[C@@H](c1ccccc1)N(Cc1ccc(Cl)cc1)C(=O)COc1ccc(S(=O)(=O)Nc2ccc(F)cc2)cc1. The number of carbonyl (C=O) groups excluding carboxylic acids is 2.